The molecule has 3 fully saturated rings. The SMILES string of the molecule is Cc1ccc(CN2CCOCC3(CC(CN4CCCC4)CO3)C2)s1.O=C(O)C(F)(F)F.O=C(O)C(F)(F)F. The summed E-state index contributed by atoms with van der Waals surface area (Å²) in [7, 11) is 0. The number of aliphatic carboxylic acids is 2. The van der Waals surface area contributed by atoms with Crippen molar-refractivity contribution in [2.24, 2.45) is 5.92 Å². The van der Waals surface area contributed by atoms with Gasteiger partial charge in [-0.1, -0.05) is 0 Å². The van der Waals surface area contributed by atoms with Gasteiger partial charge in [0.15, 0.2) is 0 Å². The molecule has 0 aliphatic carbocycles. The molecule has 3 saturated heterocycles. The molecule has 1 aromatic heterocycles. The predicted octanol–water partition coefficient (Wildman–Crippen LogP) is 4.03. The fraction of sp³-hybridized carbons (Fsp3) is 0.739. The van der Waals surface area contributed by atoms with Gasteiger partial charge < -0.3 is 24.6 Å². The summed E-state index contributed by atoms with van der Waals surface area (Å²) in [6.45, 7) is 11.5. The Hall–Kier alpha value is -1.94. The van der Waals surface area contributed by atoms with Crippen LogP contribution in [0, 0.1) is 12.8 Å². The Balaban J connectivity index is 0.000000301. The normalized spacial score (nSPS) is 24.8. The second kappa shape index (κ2) is 13.9. The molecule has 15 heteroatoms. The Labute approximate surface area is 220 Å². The lowest BCUT2D eigenvalue weighted by molar-refractivity contribution is -0.193. The quantitative estimate of drug-likeness (QED) is 0.517. The number of hydrogen-bond donors (Lipinski definition) is 2. The van der Waals surface area contributed by atoms with E-state index in [0.29, 0.717) is 5.92 Å². The second-order valence-corrected chi connectivity index (χ2v) is 10.8. The molecule has 0 saturated carbocycles. The third-order valence-electron chi connectivity index (χ3n) is 6.09. The van der Waals surface area contributed by atoms with Gasteiger partial charge in [-0.15, -0.1) is 11.3 Å². The maximum Gasteiger partial charge on any atom is 0.490 e. The molecule has 38 heavy (non-hydrogen) atoms. The number of carbonyl (C=O) groups is 2. The predicted molar refractivity (Wildman–Crippen MR) is 125 cm³/mol. The third-order valence-corrected chi connectivity index (χ3v) is 7.08. The van der Waals surface area contributed by atoms with E-state index in [1.165, 1.54) is 42.2 Å². The molecule has 0 bridgehead atoms. The van der Waals surface area contributed by atoms with E-state index < -0.39 is 24.3 Å². The lowest BCUT2D eigenvalue weighted by Gasteiger charge is -2.31. The first kappa shape index (κ1) is 32.3. The number of hydrogen-bond acceptors (Lipinski definition) is 7. The van der Waals surface area contributed by atoms with Gasteiger partial charge in [-0.3, -0.25) is 4.90 Å². The highest BCUT2D eigenvalue weighted by atomic mass is 32.1. The molecule has 0 radical (unpaired) electrons. The van der Waals surface area contributed by atoms with Crippen LogP contribution in [0.2, 0.25) is 0 Å². The van der Waals surface area contributed by atoms with Crippen molar-refractivity contribution in [3.05, 3.63) is 21.9 Å². The maximum atomic E-state index is 10.6. The van der Waals surface area contributed by atoms with Gasteiger partial charge in [0.05, 0.1) is 19.8 Å². The molecule has 4 rings (SSSR count). The second-order valence-electron chi connectivity index (χ2n) is 9.45. The molecule has 3 aliphatic heterocycles. The van der Waals surface area contributed by atoms with Gasteiger partial charge in [-0.05, 0) is 57.3 Å². The highest BCUT2D eigenvalue weighted by Crippen LogP contribution is 2.34. The zero-order chi connectivity index (χ0) is 28.6. The van der Waals surface area contributed by atoms with E-state index in [1.54, 1.807) is 0 Å². The number of rotatable bonds is 4. The van der Waals surface area contributed by atoms with Crippen LogP contribution in [-0.2, 0) is 25.6 Å². The standard InChI is InChI=1S/C19H30N2O2S.2C2HF3O2/c1-16-4-5-18(24-16)12-21-8-9-22-15-19(14-21)10-17(13-23-19)11-20-6-2-3-7-20;2*3-2(4,5)1(6)7/h4-5,17H,2-3,6-15H2,1H3;2*(H,6,7). The van der Waals surface area contributed by atoms with Crippen LogP contribution in [0.15, 0.2) is 12.1 Å². The number of carboxylic acids is 2. The monoisotopic (exact) mass is 578 g/mol. The zero-order valence-corrected chi connectivity index (χ0v) is 21.6. The van der Waals surface area contributed by atoms with Gasteiger partial charge >= 0.3 is 24.3 Å². The fourth-order valence-electron chi connectivity index (χ4n) is 4.51. The van der Waals surface area contributed by atoms with Crippen molar-refractivity contribution in [3.63, 3.8) is 0 Å². The van der Waals surface area contributed by atoms with Crippen molar-refractivity contribution in [3.8, 4) is 0 Å². The maximum absolute atomic E-state index is 10.6. The number of nitrogens with zero attached hydrogens (tertiary/aromatic N) is 2. The smallest absolute Gasteiger partial charge is 0.475 e. The lowest BCUT2D eigenvalue weighted by Crippen LogP contribution is -2.44. The summed E-state index contributed by atoms with van der Waals surface area (Å²) >= 11 is 1.91. The van der Waals surface area contributed by atoms with Crippen molar-refractivity contribution < 1.29 is 55.6 Å². The highest BCUT2D eigenvalue weighted by molar-refractivity contribution is 7.11. The number of aryl methyl sites for hydroxylation is 1. The van der Waals surface area contributed by atoms with Gasteiger partial charge in [0.1, 0.15) is 5.60 Å². The molecular formula is C23H32F6N2O6S. The van der Waals surface area contributed by atoms with E-state index in [0.717, 1.165) is 45.9 Å². The Bertz CT molecular complexity index is 882. The van der Waals surface area contributed by atoms with Crippen LogP contribution in [0.5, 0.6) is 0 Å². The Morgan fingerprint density at radius 1 is 1.03 bits per heavy atom. The number of ether oxygens (including phenoxy) is 2. The number of alkyl halides is 6. The molecule has 4 heterocycles. The number of halogens is 6. The Morgan fingerprint density at radius 3 is 2.11 bits per heavy atom. The van der Waals surface area contributed by atoms with Crippen LogP contribution in [0.1, 0.15) is 29.0 Å². The van der Waals surface area contributed by atoms with E-state index in [1.807, 2.05) is 11.3 Å². The van der Waals surface area contributed by atoms with E-state index in [9.17, 15) is 26.3 Å². The third kappa shape index (κ3) is 11.0. The summed E-state index contributed by atoms with van der Waals surface area (Å²) < 4.78 is 75.8. The highest BCUT2D eigenvalue weighted by Gasteiger charge is 2.44. The van der Waals surface area contributed by atoms with Crippen molar-refractivity contribution in [1.82, 2.24) is 9.80 Å². The Kier molecular flexibility index (Phi) is 11.8. The van der Waals surface area contributed by atoms with Gasteiger partial charge in [-0.25, -0.2) is 9.59 Å². The molecule has 0 aromatic carbocycles. The molecule has 2 unspecified atom stereocenters. The zero-order valence-electron chi connectivity index (χ0n) is 20.8. The Morgan fingerprint density at radius 2 is 1.61 bits per heavy atom. The minimum atomic E-state index is -5.08. The van der Waals surface area contributed by atoms with E-state index >= 15 is 0 Å². The summed E-state index contributed by atoms with van der Waals surface area (Å²) in [6.07, 6.45) is -6.27. The summed E-state index contributed by atoms with van der Waals surface area (Å²) in [5, 5.41) is 14.2. The molecule has 8 nitrogen and oxygen atoms in total. The van der Waals surface area contributed by atoms with Crippen LogP contribution in [0.4, 0.5) is 26.3 Å². The molecule has 3 aliphatic rings. The van der Waals surface area contributed by atoms with Gasteiger partial charge in [-0.2, -0.15) is 26.3 Å². The minimum absolute atomic E-state index is 0.0762. The summed E-state index contributed by atoms with van der Waals surface area (Å²) in [5.41, 5.74) is -0.0762. The summed E-state index contributed by atoms with van der Waals surface area (Å²) in [5.74, 6) is -4.84. The molecule has 218 valence electrons. The van der Waals surface area contributed by atoms with Gasteiger partial charge in [0.2, 0.25) is 0 Å². The van der Waals surface area contributed by atoms with E-state index in [4.69, 9.17) is 29.3 Å². The molecular weight excluding hydrogens is 546 g/mol. The van der Waals surface area contributed by atoms with Crippen LogP contribution in [-0.4, -0.2) is 102 Å². The summed E-state index contributed by atoms with van der Waals surface area (Å²) in [6, 6.07) is 4.49. The van der Waals surface area contributed by atoms with Gasteiger partial charge in [0.25, 0.3) is 0 Å². The van der Waals surface area contributed by atoms with E-state index in [2.05, 4.69) is 28.9 Å². The fourth-order valence-corrected chi connectivity index (χ4v) is 5.44. The first-order valence-electron chi connectivity index (χ1n) is 11.9. The first-order chi connectivity index (χ1) is 17.6. The van der Waals surface area contributed by atoms with Crippen molar-refractivity contribution in [1.29, 1.82) is 0 Å². The number of carboxylic acid groups (broad SMARTS) is 2. The van der Waals surface area contributed by atoms with Crippen LogP contribution < -0.4 is 0 Å². The average molecular weight is 579 g/mol. The van der Waals surface area contributed by atoms with Crippen molar-refractivity contribution in [2.45, 2.75) is 50.7 Å². The number of thiophene rings is 1. The largest absolute Gasteiger partial charge is 0.490 e. The molecule has 2 atom stereocenters. The van der Waals surface area contributed by atoms with Crippen LogP contribution in [0.3, 0.4) is 0 Å². The molecule has 1 aromatic rings. The van der Waals surface area contributed by atoms with E-state index in [-0.39, 0.29) is 5.60 Å². The van der Waals surface area contributed by atoms with Crippen LogP contribution >= 0.6 is 11.3 Å². The topological polar surface area (TPSA) is 99.5 Å². The molecule has 0 amide bonds. The van der Waals surface area contributed by atoms with Gasteiger partial charge in [0, 0.05) is 35.9 Å². The van der Waals surface area contributed by atoms with Crippen molar-refractivity contribution in [2.75, 3.05) is 52.5 Å². The molecule has 1 spiro atoms. The summed E-state index contributed by atoms with van der Waals surface area (Å²) in [4.78, 5) is 25.8. The first-order valence-corrected chi connectivity index (χ1v) is 12.7. The number of likely N-dealkylation sites (tertiary alicyclic amines) is 1. The lowest BCUT2D eigenvalue weighted by atomic mass is 9.94. The minimum Gasteiger partial charge on any atom is -0.475 e. The molecule has 2 N–H and O–H groups in total. The average Bonchev–Trinajstić information content (AvgIpc) is 3.51. The van der Waals surface area contributed by atoms with Crippen molar-refractivity contribution >= 4 is 23.3 Å². The van der Waals surface area contributed by atoms with Crippen LogP contribution in [0.25, 0.3) is 0 Å².